The minimum absolute atomic E-state index is 0.0997. The average molecular weight is 245 g/mol. The van der Waals surface area contributed by atoms with Gasteiger partial charge in [0.1, 0.15) is 11.6 Å². The predicted molar refractivity (Wildman–Crippen MR) is 68.6 cm³/mol. The third-order valence-corrected chi connectivity index (χ3v) is 2.57. The van der Waals surface area contributed by atoms with Crippen molar-refractivity contribution in [3.63, 3.8) is 0 Å². The molecule has 1 heterocycles. The maximum Gasteiger partial charge on any atom is 0.132 e. The van der Waals surface area contributed by atoms with Gasteiger partial charge >= 0.3 is 0 Å². The van der Waals surface area contributed by atoms with E-state index in [9.17, 15) is 4.39 Å². The summed E-state index contributed by atoms with van der Waals surface area (Å²) >= 11 is 0. The Balaban J connectivity index is 2.06. The minimum atomic E-state index is -0.235. The Kier molecular flexibility index (Phi) is 3.99. The molecular formula is C14H16FN3. The van der Waals surface area contributed by atoms with Crippen molar-refractivity contribution in [1.82, 2.24) is 9.97 Å². The largest absolute Gasteiger partial charge is 0.328 e. The summed E-state index contributed by atoms with van der Waals surface area (Å²) in [5.74, 6) is 0.454. The number of halogens is 1. The number of rotatable bonds is 4. The van der Waals surface area contributed by atoms with Crippen LogP contribution < -0.4 is 5.73 Å². The monoisotopic (exact) mass is 245 g/mol. The van der Waals surface area contributed by atoms with Gasteiger partial charge in [-0.3, -0.25) is 0 Å². The first-order chi connectivity index (χ1) is 8.63. The topological polar surface area (TPSA) is 51.8 Å². The molecule has 94 valence electrons. The van der Waals surface area contributed by atoms with Crippen molar-refractivity contribution in [2.24, 2.45) is 5.73 Å². The molecule has 0 aliphatic carbocycles. The van der Waals surface area contributed by atoms with Gasteiger partial charge in [0.2, 0.25) is 0 Å². The van der Waals surface area contributed by atoms with Crippen molar-refractivity contribution in [1.29, 1.82) is 0 Å². The molecule has 0 fully saturated rings. The Bertz CT molecular complexity index is 509. The zero-order valence-electron chi connectivity index (χ0n) is 10.3. The molecule has 0 radical (unpaired) electrons. The van der Waals surface area contributed by atoms with Gasteiger partial charge in [-0.05, 0) is 36.6 Å². The molecule has 2 N–H and O–H groups in total. The summed E-state index contributed by atoms with van der Waals surface area (Å²) in [5, 5.41) is 0. The van der Waals surface area contributed by atoms with E-state index < -0.39 is 0 Å². The Hall–Kier alpha value is -1.81. The van der Waals surface area contributed by atoms with Gasteiger partial charge in [0.15, 0.2) is 0 Å². The molecule has 0 saturated carbocycles. The molecule has 0 aliphatic rings. The van der Waals surface area contributed by atoms with Crippen LogP contribution in [0.5, 0.6) is 0 Å². The molecule has 1 atom stereocenters. The summed E-state index contributed by atoms with van der Waals surface area (Å²) < 4.78 is 13.0. The molecule has 0 amide bonds. The van der Waals surface area contributed by atoms with Gasteiger partial charge < -0.3 is 5.73 Å². The number of nitrogens with zero attached hydrogens (tertiary/aromatic N) is 2. The Morgan fingerprint density at radius 2 is 1.94 bits per heavy atom. The molecule has 2 aromatic rings. The molecular weight excluding hydrogens is 229 g/mol. The third kappa shape index (κ3) is 3.60. The molecule has 18 heavy (non-hydrogen) atoms. The van der Waals surface area contributed by atoms with Crippen LogP contribution in [0.25, 0.3) is 0 Å². The second-order valence-electron chi connectivity index (χ2n) is 4.50. The fourth-order valence-corrected chi connectivity index (χ4v) is 1.78. The highest BCUT2D eigenvalue weighted by molar-refractivity contribution is 5.20. The molecule has 4 heteroatoms. The van der Waals surface area contributed by atoms with Crippen molar-refractivity contribution < 1.29 is 4.39 Å². The first-order valence-electron chi connectivity index (χ1n) is 5.93. The first kappa shape index (κ1) is 12.6. The molecule has 0 bridgehead atoms. The highest BCUT2D eigenvalue weighted by Crippen LogP contribution is 2.08. The smallest absolute Gasteiger partial charge is 0.132 e. The molecule has 1 aromatic carbocycles. The van der Waals surface area contributed by atoms with Crippen LogP contribution in [-0.2, 0) is 12.8 Å². The second kappa shape index (κ2) is 5.69. The lowest BCUT2D eigenvalue weighted by atomic mass is 10.1. The Morgan fingerprint density at radius 3 is 2.56 bits per heavy atom. The van der Waals surface area contributed by atoms with E-state index in [0.29, 0.717) is 12.2 Å². The van der Waals surface area contributed by atoms with E-state index in [1.165, 1.54) is 12.1 Å². The van der Waals surface area contributed by atoms with E-state index in [0.717, 1.165) is 17.5 Å². The van der Waals surface area contributed by atoms with Gasteiger partial charge in [-0.1, -0.05) is 12.1 Å². The maximum atomic E-state index is 13.0. The van der Waals surface area contributed by atoms with Gasteiger partial charge in [0.25, 0.3) is 0 Å². The molecule has 0 aliphatic heterocycles. The summed E-state index contributed by atoms with van der Waals surface area (Å²) in [6.45, 7) is 1.95. The number of nitrogens with two attached hydrogens (primary N) is 1. The van der Waals surface area contributed by atoms with E-state index in [1.807, 2.05) is 13.0 Å². The summed E-state index contributed by atoms with van der Waals surface area (Å²) in [5.41, 5.74) is 7.60. The lowest BCUT2D eigenvalue weighted by molar-refractivity contribution is 0.625. The molecule has 1 unspecified atom stereocenters. The maximum absolute atomic E-state index is 13.0. The van der Waals surface area contributed by atoms with Gasteiger partial charge in [0.05, 0.1) is 0 Å². The molecule has 3 nitrogen and oxygen atoms in total. The van der Waals surface area contributed by atoms with Crippen LogP contribution in [0.1, 0.15) is 23.9 Å². The fourth-order valence-electron chi connectivity index (χ4n) is 1.78. The number of aromatic nitrogens is 2. The zero-order chi connectivity index (χ0) is 13.0. The molecule has 0 saturated heterocycles. The predicted octanol–water partition coefficient (Wildman–Crippen LogP) is 2.10. The number of benzene rings is 1. The van der Waals surface area contributed by atoms with Crippen LogP contribution in [0.2, 0.25) is 0 Å². The third-order valence-electron chi connectivity index (χ3n) is 2.57. The van der Waals surface area contributed by atoms with Crippen LogP contribution in [-0.4, -0.2) is 16.0 Å². The van der Waals surface area contributed by atoms with E-state index in [1.54, 1.807) is 18.5 Å². The highest BCUT2D eigenvalue weighted by atomic mass is 19.1. The van der Waals surface area contributed by atoms with E-state index in [-0.39, 0.29) is 11.9 Å². The van der Waals surface area contributed by atoms with E-state index in [2.05, 4.69) is 9.97 Å². The van der Waals surface area contributed by atoms with Crippen LogP contribution in [0, 0.1) is 5.82 Å². The van der Waals surface area contributed by atoms with Crippen LogP contribution in [0.15, 0.2) is 36.7 Å². The van der Waals surface area contributed by atoms with Crippen molar-refractivity contribution in [2.45, 2.75) is 25.8 Å². The van der Waals surface area contributed by atoms with Crippen molar-refractivity contribution in [3.8, 4) is 0 Å². The lowest BCUT2D eigenvalue weighted by Gasteiger charge is -2.05. The summed E-state index contributed by atoms with van der Waals surface area (Å²) in [6, 6.07) is 6.58. The Morgan fingerprint density at radius 1 is 1.22 bits per heavy atom. The summed E-state index contributed by atoms with van der Waals surface area (Å²) in [4.78, 5) is 8.54. The summed E-state index contributed by atoms with van der Waals surface area (Å²) in [7, 11) is 0. The summed E-state index contributed by atoms with van der Waals surface area (Å²) in [6.07, 6.45) is 4.87. The SMILES string of the molecule is CC(N)Cc1cnc(Cc2cccc(F)c2)nc1. The fraction of sp³-hybridized carbons (Fsp3) is 0.286. The van der Waals surface area contributed by atoms with Gasteiger partial charge in [-0.2, -0.15) is 0 Å². The van der Waals surface area contributed by atoms with Crippen molar-refractivity contribution in [3.05, 3.63) is 59.4 Å². The normalized spacial score (nSPS) is 12.4. The molecule has 2 rings (SSSR count). The quantitative estimate of drug-likeness (QED) is 0.897. The highest BCUT2D eigenvalue weighted by Gasteiger charge is 2.02. The van der Waals surface area contributed by atoms with Crippen molar-refractivity contribution >= 4 is 0 Å². The lowest BCUT2D eigenvalue weighted by Crippen LogP contribution is -2.18. The minimum Gasteiger partial charge on any atom is -0.328 e. The molecule has 0 spiro atoms. The van der Waals surface area contributed by atoms with Gasteiger partial charge in [-0.25, -0.2) is 14.4 Å². The van der Waals surface area contributed by atoms with Crippen LogP contribution in [0.4, 0.5) is 4.39 Å². The van der Waals surface area contributed by atoms with E-state index >= 15 is 0 Å². The van der Waals surface area contributed by atoms with Gasteiger partial charge in [0, 0.05) is 24.9 Å². The van der Waals surface area contributed by atoms with Crippen molar-refractivity contribution in [2.75, 3.05) is 0 Å². The van der Waals surface area contributed by atoms with Gasteiger partial charge in [-0.15, -0.1) is 0 Å². The Labute approximate surface area is 106 Å². The zero-order valence-corrected chi connectivity index (χ0v) is 10.3. The number of hydrogen-bond donors (Lipinski definition) is 1. The first-order valence-corrected chi connectivity index (χ1v) is 5.93. The average Bonchev–Trinajstić information content (AvgIpc) is 2.31. The van der Waals surface area contributed by atoms with Crippen LogP contribution >= 0.6 is 0 Å². The van der Waals surface area contributed by atoms with E-state index in [4.69, 9.17) is 5.73 Å². The second-order valence-corrected chi connectivity index (χ2v) is 4.50. The number of hydrogen-bond acceptors (Lipinski definition) is 3. The van der Waals surface area contributed by atoms with Crippen LogP contribution in [0.3, 0.4) is 0 Å². The standard InChI is InChI=1S/C14H16FN3/c1-10(16)5-12-8-17-14(18-9-12)7-11-3-2-4-13(15)6-11/h2-4,6,8-10H,5,7,16H2,1H3. The molecule has 1 aromatic heterocycles.